The normalized spacial score (nSPS) is 17.4. The maximum atomic E-state index is 13.3. The van der Waals surface area contributed by atoms with Crippen molar-refractivity contribution in [2.45, 2.75) is 18.8 Å². The monoisotopic (exact) mass is 480 g/mol. The fourth-order valence-corrected chi connectivity index (χ4v) is 5.37. The molecule has 9 nitrogen and oxygen atoms in total. The zero-order chi connectivity index (χ0) is 23.7. The maximum Gasteiger partial charge on any atom is 0.289 e. The van der Waals surface area contributed by atoms with Gasteiger partial charge in [0.15, 0.2) is 10.9 Å². The first-order valence-electron chi connectivity index (χ1n) is 11.1. The fraction of sp³-hybridized carbons (Fsp3) is 0.333. The Kier molecular flexibility index (Phi) is 6.06. The summed E-state index contributed by atoms with van der Waals surface area (Å²) in [5.74, 6) is 0.295. The van der Waals surface area contributed by atoms with Crippen LogP contribution in [0.25, 0.3) is 0 Å². The highest BCUT2D eigenvalue weighted by Crippen LogP contribution is 2.39. The quantitative estimate of drug-likeness (QED) is 0.602. The molecule has 1 unspecified atom stereocenters. The van der Waals surface area contributed by atoms with Crippen LogP contribution in [0.5, 0.6) is 5.75 Å². The Morgan fingerprint density at radius 2 is 1.82 bits per heavy atom. The zero-order valence-corrected chi connectivity index (χ0v) is 19.5. The van der Waals surface area contributed by atoms with Crippen LogP contribution in [-0.2, 0) is 11.2 Å². The van der Waals surface area contributed by atoms with Gasteiger partial charge in [-0.15, -0.1) is 11.3 Å². The Morgan fingerprint density at radius 3 is 2.50 bits per heavy atom. The molecule has 1 atom stereocenters. The first-order chi connectivity index (χ1) is 16.5. The molecule has 10 heteroatoms. The molecule has 3 aromatic rings. The number of furan rings is 1. The van der Waals surface area contributed by atoms with Gasteiger partial charge in [0.25, 0.3) is 11.8 Å². The lowest BCUT2D eigenvalue weighted by molar-refractivity contribution is -0.134. The number of aromatic nitrogens is 1. The molecular formula is C24H24N4O5S. The SMILES string of the molecule is COc1ccc(C(=O)Nc2nc3c(s2)CCC3C(=O)N2CCN(C(=O)c3ccco3)CC2)cc1. The smallest absolute Gasteiger partial charge is 0.289 e. The van der Waals surface area contributed by atoms with Crippen molar-refractivity contribution in [3.05, 3.63) is 64.6 Å². The number of piperazine rings is 1. The average molecular weight is 481 g/mol. The number of ether oxygens (including phenoxy) is 1. The number of benzene rings is 1. The topological polar surface area (TPSA) is 105 Å². The summed E-state index contributed by atoms with van der Waals surface area (Å²) in [6.07, 6.45) is 2.95. The Hall–Kier alpha value is -3.66. The molecule has 1 aromatic carbocycles. The van der Waals surface area contributed by atoms with Gasteiger partial charge in [0.05, 0.1) is 25.0 Å². The van der Waals surface area contributed by atoms with Crippen LogP contribution in [0.3, 0.4) is 0 Å². The van der Waals surface area contributed by atoms with Gasteiger partial charge in [-0.1, -0.05) is 0 Å². The highest BCUT2D eigenvalue weighted by molar-refractivity contribution is 7.16. The van der Waals surface area contributed by atoms with Gasteiger partial charge in [-0.25, -0.2) is 4.98 Å². The third-order valence-corrected chi connectivity index (χ3v) is 7.25. The summed E-state index contributed by atoms with van der Waals surface area (Å²) in [5, 5.41) is 3.34. The molecule has 0 radical (unpaired) electrons. The van der Waals surface area contributed by atoms with Gasteiger partial charge < -0.3 is 19.0 Å². The van der Waals surface area contributed by atoms with Gasteiger partial charge in [0.1, 0.15) is 5.75 Å². The van der Waals surface area contributed by atoms with Crippen molar-refractivity contribution < 1.29 is 23.5 Å². The van der Waals surface area contributed by atoms with Crippen molar-refractivity contribution >= 4 is 34.2 Å². The summed E-state index contributed by atoms with van der Waals surface area (Å²) in [6, 6.07) is 10.2. The van der Waals surface area contributed by atoms with E-state index in [1.54, 1.807) is 53.3 Å². The van der Waals surface area contributed by atoms with Crippen molar-refractivity contribution in [1.29, 1.82) is 0 Å². The van der Waals surface area contributed by atoms with E-state index in [2.05, 4.69) is 10.3 Å². The minimum absolute atomic E-state index is 0.0298. The number of thiazole rings is 1. The molecule has 3 heterocycles. The number of nitrogens with zero attached hydrogens (tertiary/aromatic N) is 3. The van der Waals surface area contributed by atoms with Gasteiger partial charge in [0, 0.05) is 36.6 Å². The number of carbonyl (C=O) groups is 3. The van der Waals surface area contributed by atoms with Crippen molar-refractivity contribution in [1.82, 2.24) is 14.8 Å². The van der Waals surface area contributed by atoms with Crippen LogP contribution >= 0.6 is 11.3 Å². The van der Waals surface area contributed by atoms with E-state index in [4.69, 9.17) is 9.15 Å². The molecule has 5 rings (SSSR count). The molecule has 34 heavy (non-hydrogen) atoms. The number of methoxy groups -OCH3 is 1. The van der Waals surface area contributed by atoms with Gasteiger partial charge in [0.2, 0.25) is 5.91 Å². The van der Waals surface area contributed by atoms with E-state index in [9.17, 15) is 14.4 Å². The Labute approximate surface area is 200 Å². The van der Waals surface area contributed by atoms with Gasteiger partial charge in [-0.05, 0) is 49.2 Å². The third-order valence-electron chi connectivity index (χ3n) is 6.20. The van der Waals surface area contributed by atoms with Crippen LogP contribution in [0, 0.1) is 0 Å². The second-order valence-corrected chi connectivity index (χ2v) is 9.28. The van der Waals surface area contributed by atoms with Crippen molar-refractivity contribution in [3.63, 3.8) is 0 Å². The van der Waals surface area contributed by atoms with Crippen molar-refractivity contribution in [2.24, 2.45) is 0 Å². The predicted molar refractivity (Wildman–Crippen MR) is 125 cm³/mol. The molecule has 1 aliphatic heterocycles. The van der Waals surface area contributed by atoms with E-state index in [0.29, 0.717) is 54.8 Å². The largest absolute Gasteiger partial charge is 0.497 e. The maximum absolute atomic E-state index is 13.3. The first kappa shape index (κ1) is 22.1. The van der Waals surface area contributed by atoms with E-state index in [-0.39, 0.29) is 23.6 Å². The summed E-state index contributed by atoms with van der Waals surface area (Å²) < 4.78 is 10.3. The number of hydrogen-bond donors (Lipinski definition) is 1. The summed E-state index contributed by atoms with van der Waals surface area (Å²) in [4.78, 5) is 47.4. The van der Waals surface area contributed by atoms with Crippen LogP contribution in [-0.4, -0.2) is 65.8 Å². The second kappa shape index (κ2) is 9.30. The fourth-order valence-electron chi connectivity index (χ4n) is 4.34. The zero-order valence-electron chi connectivity index (χ0n) is 18.7. The minimum atomic E-state index is -0.315. The first-order valence-corrected chi connectivity index (χ1v) is 11.9. The number of rotatable bonds is 5. The number of carbonyl (C=O) groups excluding carboxylic acids is 3. The van der Waals surface area contributed by atoms with Crippen molar-refractivity contribution in [3.8, 4) is 5.75 Å². The molecule has 1 N–H and O–H groups in total. The van der Waals surface area contributed by atoms with Gasteiger partial charge in [-0.3, -0.25) is 19.7 Å². The number of aryl methyl sites for hydroxylation is 1. The Bertz CT molecular complexity index is 1200. The lowest BCUT2D eigenvalue weighted by Gasteiger charge is -2.35. The summed E-state index contributed by atoms with van der Waals surface area (Å²) in [6.45, 7) is 1.88. The minimum Gasteiger partial charge on any atom is -0.497 e. The molecule has 3 amide bonds. The predicted octanol–water partition coefficient (Wildman–Crippen LogP) is 3.01. The molecule has 0 spiro atoms. The van der Waals surface area contributed by atoms with Crippen LogP contribution < -0.4 is 10.1 Å². The molecule has 176 valence electrons. The van der Waals surface area contributed by atoms with Crippen LogP contribution in [0.1, 0.15) is 43.8 Å². The molecule has 0 bridgehead atoms. The van der Waals surface area contributed by atoms with Crippen LogP contribution in [0.15, 0.2) is 47.1 Å². The van der Waals surface area contributed by atoms with Gasteiger partial charge >= 0.3 is 0 Å². The molecule has 1 saturated heterocycles. The highest BCUT2D eigenvalue weighted by atomic mass is 32.1. The number of hydrogen-bond acceptors (Lipinski definition) is 7. The Morgan fingerprint density at radius 1 is 1.09 bits per heavy atom. The van der Waals surface area contributed by atoms with E-state index in [1.165, 1.54) is 17.6 Å². The number of fused-ring (bicyclic) bond motifs is 1. The average Bonchev–Trinajstić information content (AvgIpc) is 3.61. The number of nitrogens with one attached hydrogen (secondary N) is 1. The van der Waals surface area contributed by atoms with E-state index in [1.807, 2.05) is 0 Å². The Balaban J connectivity index is 1.20. The second-order valence-electron chi connectivity index (χ2n) is 8.20. The lowest BCUT2D eigenvalue weighted by atomic mass is 10.1. The molecular weight excluding hydrogens is 456 g/mol. The molecule has 1 fully saturated rings. The van der Waals surface area contributed by atoms with E-state index < -0.39 is 0 Å². The number of amides is 3. The molecule has 1 aliphatic carbocycles. The number of anilines is 1. The van der Waals surface area contributed by atoms with E-state index >= 15 is 0 Å². The van der Waals surface area contributed by atoms with Gasteiger partial charge in [-0.2, -0.15) is 0 Å². The summed E-state index contributed by atoms with van der Waals surface area (Å²) >= 11 is 1.42. The third kappa shape index (κ3) is 4.28. The summed E-state index contributed by atoms with van der Waals surface area (Å²) in [7, 11) is 1.57. The van der Waals surface area contributed by atoms with Crippen LogP contribution in [0.4, 0.5) is 5.13 Å². The molecule has 2 aliphatic rings. The summed E-state index contributed by atoms with van der Waals surface area (Å²) in [5.41, 5.74) is 1.26. The lowest BCUT2D eigenvalue weighted by Crippen LogP contribution is -2.51. The van der Waals surface area contributed by atoms with Crippen molar-refractivity contribution in [2.75, 3.05) is 38.6 Å². The van der Waals surface area contributed by atoms with Crippen LogP contribution in [0.2, 0.25) is 0 Å². The molecule has 2 aromatic heterocycles. The highest BCUT2D eigenvalue weighted by Gasteiger charge is 2.37. The standard InChI is InChI=1S/C24H24N4O5S/c1-32-16-6-4-15(5-7-16)21(29)26-24-25-20-17(8-9-19(20)34-24)22(30)27-10-12-28(13-11-27)23(31)18-3-2-14-33-18/h2-7,14,17H,8-13H2,1H3,(H,25,26,29). The van der Waals surface area contributed by atoms with E-state index in [0.717, 1.165) is 17.0 Å². The molecule has 0 saturated carbocycles.